The number of anilines is 1. The van der Waals surface area contributed by atoms with Crippen LogP contribution >= 0.6 is 23.1 Å². The van der Waals surface area contributed by atoms with Gasteiger partial charge in [-0.2, -0.15) is 0 Å². The third kappa shape index (κ3) is 5.23. The molecule has 0 atom stereocenters. The number of amides is 2. The number of esters is 1. The third-order valence-corrected chi connectivity index (χ3v) is 7.35. The van der Waals surface area contributed by atoms with Crippen LogP contribution in [0.4, 0.5) is 5.00 Å². The van der Waals surface area contributed by atoms with Crippen LogP contribution < -0.4 is 25.3 Å². The van der Waals surface area contributed by atoms with E-state index in [1.54, 1.807) is 30.7 Å². The van der Waals surface area contributed by atoms with Crippen LogP contribution in [-0.2, 0) is 16.6 Å². The molecule has 12 nitrogen and oxygen atoms in total. The van der Waals surface area contributed by atoms with Gasteiger partial charge in [0.2, 0.25) is 11.7 Å². The molecule has 0 spiro atoms. The molecule has 2 aromatic heterocycles. The van der Waals surface area contributed by atoms with Crippen molar-refractivity contribution in [2.24, 2.45) is 12.8 Å². The molecule has 0 radical (unpaired) electrons. The van der Waals surface area contributed by atoms with Crippen molar-refractivity contribution in [3.05, 3.63) is 28.1 Å². The zero-order valence-electron chi connectivity index (χ0n) is 20.5. The summed E-state index contributed by atoms with van der Waals surface area (Å²) in [5, 5.41) is 11.7. The van der Waals surface area contributed by atoms with Gasteiger partial charge in [0, 0.05) is 12.6 Å². The second-order valence-electron chi connectivity index (χ2n) is 7.23. The number of nitrogens with two attached hydrogens (primary N) is 1. The number of thioether (sulfide) groups is 1. The minimum Gasteiger partial charge on any atom is -0.493 e. The predicted molar refractivity (Wildman–Crippen MR) is 134 cm³/mol. The fraction of sp³-hybridized carbons (Fsp3) is 0.318. The van der Waals surface area contributed by atoms with Gasteiger partial charge in [-0.1, -0.05) is 11.8 Å². The molecular weight excluding hydrogens is 510 g/mol. The Bertz CT molecular complexity index is 1290. The lowest BCUT2D eigenvalue weighted by Gasteiger charge is -2.14. The third-order valence-electron chi connectivity index (χ3n) is 5.10. The SMILES string of the molecule is COC(=O)c1c(NC(=O)CSc2nnc(-c3cc(OC)c(OC)c(OC)c3)n2C)sc(C(N)=O)c1C. The van der Waals surface area contributed by atoms with Gasteiger partial charge < -0.3 is 34.6 Å². The van der Waals surface area contributed by atoms with E-state index in [2.05, 4.69) is 15.5 Å². The Morgan fingerprint density at radius 2 is 1.72 bits per heavy atom. The molecule has 2 amide bonds. The van der Waals surface area contributed by atoms with E-state index < -0.39 is 17.8 Å². The Morgan fingerprint density at radius 3 is 2.25 bits per heavy atom. The molecule has 0 saturated carbocycles. The van der Waals surface area contributed by atoms with E-state index >= 15 is 0 Å². The molecule has 3 aromatic rings. The highest BCUT2D eigenvalue weighted by atomic mass is 32.2. The van der Waals surface area contributed by atoms with Crippen LogP contribution in [0.5, 0.6) is 17.2 Å². The van der Waals surface area contributed by atoms with E-state index in [-0.39, 0.29) is 21.2 Å². The standard InChI is InChI=1S/C22H25N5O7S2/c1-10-15(21(30)34-6)20(36-17(10)18(23)29)24-14(28)9-35-22-26-25-19(27(22)2)11-7-12(31-3)16(33-5)13(8-11)32-4/h7-8H,9H2,1-6H3,(H2,23,29)(H,24,28). The van der Waals surface area contributed by atoms with Crippen molar-refractivity contribution in [2.45, 2.75) is 12.1 Å². The highest BCUT2D eigenvalue weighted by Gasteiger charge is 2.25. The fourth-order valence-corrected chi connectivity index (χ4v) is 5.15. The smallest absolute Gasteiger partial charge is 0.341 e. The summed E-state index contributed by atoms with van der Waals surface area (Å²) in [6, 6.07) is 3.49. The Balaban J connectivity index is 1.79. The van der Waals surface area contributed by atoms with Crippen LogP contribution in [0, 0.1) is 6.92 Å². The number of carbonyl (C=O) groups is 3. The van der Waals surface area contributed by atoms with Crippen molar-refractivity contribution < 1.29 is 33.3 Å². The lowest BCUT2D eigenvalue weighted by molar-refractivity contribution is -0.113. The molecule has 14 heteroatoms. The van der Waals surface area contributed by atoms with E-state index in [0.717, 1.165) is 23.1 Å². The lowest BCUT2D eigenvalue weighted by atomic mass is 10.1. The molecule has 36 heavy (non-hydrogen) atoms. The monoisotopic (exact) mass is 535 g/mol. The number of methoxy groups -OCH3 is 4. The van der Waals surface area contributed by atoms with Gasteiger partial charge in [0.25, 0.3) is 5.91 Å². The lowest BCUT2D eigenvalue weighted by Crippen LogP contribution is -2.16. The van der Waals surface area contributed by atoms with Gasteiger partial charge >= 0.3 is 5.97 Å². The van der Waals surface area contributed by atoms with Crippen molar-refractivity contribution >= 4 is 45.9 Å². The minimum absolute atomic E-state index is 0.0370. The molecule has 2 heterocycles. The number of primary amides is 1. The highest BCUT2D eigenvalue weighted by Crippen LogP contribution is 2.41. The molecule has 1 aromatic carbocycles. The number of carbonyl (C=O) groups excluding carboxylic acids is 3. The number of nitrogens with zero attached hydrogens (tertiary/aromatic N) is 3. The summed E-state index contributed by atoms with van der Waals surface area (Å²) in [6.45, 7) is 1.57. The quantitative estimate of drug-likeness (QED) is 0.292. The molecule has 0 saturated heterocycles. The highest BCUT2D eigenvalue weighted by molar-refractivity contribution is 7.99. The average Bonchev–Trinajstić information content (AvgIpc) is 3.40. The van der Waals surface area contributed by atoms with Crippen molar-refractivity contribution in [1.29, 1.82) is 0 Å². The van der Waals surface area contributed by atoms with Crippen molar-refractivity contribution in [1.82, 2.24) is 14.8 Å². The van der Waals surface area contributed by atoms with Gasteiger partial charge in [0.05, 0.1) is 44.6 Å². The Labute approximate surface area is 215 Å². The molecule has 0 bridgehead atoms. The topological polar surface area (TPSA) is 157 Å². The van der Waals surface area contributed by atoms with E-state index in [1.807, 2.05) is 0 Å². The molecular formula is C22H25N5O7S2. The van der Waals surface area contributed by atoms with E-state index in [0.29, 0.717) is 39.4 Å². The van der Waals surface area contributed by atoms with Crippen LogP contribution in [0.2, 0.25) is 0 Å². The second-order valence-corrected chi connectivity index (χ2v) is 9.20. The van der Waals surface area contributed by atoms with Gasteiger partial charge in [0.15, 0.2) is 22.5 Å². The summed E-state index contributed by atoms with van der Waals surface area (Å²) >= 11 is 2.06. The second kappa shape index (κ2) is 11.3. The zero-order valence-corrected chi connectivity index (χ0v) is 22.1. The number of ether oxygens (including phenoxy) is 4. The first-order chi connectivity index (χ1) is 17.2. The number of hydrogen-bond acceptors (Lipinski definition) is 11. The average molecular weight is 536 g/mol. The number of aromatic nitrogens is 3. The molecule has 0 aliphatic heterocycles. The van der Waals surface area contributed by atoms with Crippen LogP contribution in [0.1, 0.15) is 25.6 Å². The van der Waals surface area contributed by atoms with Crippen molar-refractivity contribution in [3.8, 4) is 28.6 Å². The Morgan fingerprint density at radius 1 is 1.08 bits per heavy atom. The predicted octanol–water partition coefficient (Wildman–Crippen LogP) is 2.49. The van der Waals surface area contributed by atoms with Crippen molar-refractivity contribution in [2.75, 3.05) is 39.5 Å². The summed E-state index contributed by atoms with van der Waals surface area (Å²) in [7, 11) is 7.53. The van der Waals surface area contributed by atoms with Gasteiger partial charge in [0.1, 0.15) is 5.00 Å². The van der Waals surface area contributed by atoms with Gasteiger partial charge in [-0.05, 0) is 24.6 Å². The van der Waals surface area contributed by atoms with Crippen LogP contribution in [0.25, 0.3) is 11.4 Å². The van der Waals surface area contributed by atoms with Crippen LogP contribution in [0.15, 0.2) is 17.3 Å². The Kier molecular flexibility index (Phi) is 8.42. The summed E-state index contributed by atoms with van der Waals surface area (Å²) in [5.41, 5.74) is 6.51. The zero-order chi connectivity index (χ0) is 26.6. The summed E-state index contributed by atoms with van der Waals surface area (Å²) in [5.74, 6) is 0.0676. The maximum atomic E-state index is 12.7. The molecule has 0 fully saturated rings. The van der Waals surface area contributed by atoms with Gasteiger partial charge in [-0.25, -0.2) is 4.79 Å². The van der Waals surface area contributed by atoms with E-state index in [9.17, 15) is 14.4 Å². The molecule has 3 rings (SSSR count). The summed E-state index contributed by atoms with van der Waals surface area (Å²) < 4.78 is 22.7. The molecule has 3 N–H and O–H groups in total. The maximum absolute atomic E-state index is 12.7. The number of hydrogen-bond donors (Lipinski definition) is 2. The normalized spacial score (nSPS) is 10.6. The number of thiophene rings is 1. The van der Waals surface area contributed by atoms with Crippen LogP contribution in [0.3, 0.4) is 0 Å². The molecule has 192 valence electrons. The maximum Gasteiger partial charge on any atom is 0.341 e. The molecule has 0 aliphatic carbocycles. The van der Waals surface area contributed by atoms with Gasteiger partial charge in [-0.15, -0.1) is 21.5 Å². The van der Waals surface area contributed by atoms with Gasteiger partial charge in [-0.3, -0.25) is 9.59 Å². The molecule has 0 unspecified atom stereocenters. The Hall–Kier alpha value is -3.78. The summed E-state index contributed by atoms with van der Waals surface area (Å²) in [6.07, 6.45) is 0. The number of rotatable bonds is 10. The minimum atomic E-state index is -0.698. The number of benzene rings is 1. The first-order valence-corrected chi connectivity index (χ1v) is 12.1. The van der Waals surface area contributed by atoms with E-state index in [1.165, 1.54) is 28.4 Å². The first-order valence-electron chi connectivity index (χ1n) is 10.3. The summed E-state index contributed by atoms with van der Waals surface area (Å²) in [4.78, 5) is 36.7. The molecule has 0 aliphatic rings. The largest absolute Gasteiger partial charge is 0.493 e. The fourth-order valence-electron chi connectivity index (χ4n) is 3.38. The van der Waals surface area contributed by atoms with Crippen molar-refractivity contribution in [3.63, 3.8) is 0 Å². The first kappa shape index (κ1) is 26.8. The number of nitrogens with one attached hydrogen (secondary N) is 1. The van der Waals surface area contributed by atoms with E-state index in [4.69, 9.17) is 24.7 Å². The van der Waals surface area contributed by atoms with Crippen LogP contribution in [-0.4, -0.2) is 66.7 Å².